The van der Waals surface area contributed by atoms with Crippen LogP contribution in [0.15, 0.2) is 6.07 Å². The molecule has 26 heavy (non-hydrogen) atoms. The molecular weight excluding hydrogens is 334 g/mol. The highest BCUT2D eigenvalue weighted by atomic mass is 16.5. The van der Waals surface area contributed by atoms with Gasteiger partial charge in [-0.15, -0.1) is 0 Å². The van der Waals surface area contributed by atoms with Crippen molar-refractivity contribution >= 4 is 18.0 Å². The highest BCUT2D eigenvalue weighted by molar-refractivity contribution is 6.04. The average Bonchev–Trinajstić information content (AvgIpc) is 2.65. The number of carbonyl (C=O) groups is 2. The topological polar surface area (TPSA) is 79.9 Å². The zero-order valence-electron chi connectivity index (χ0n) is 16.1. The number of rotatable bonds is 8. The Morgan fingerprint density at radius 3 is 2.62 bits per heavy atom. The predicted molar refractivity (Wildman–Crippen MR) is 101 cm³/mol. The summed E-state index contributed by atoms with van der Waals surface area (Å²) in [5.74, 6) is 0.417. The van der Waals surface area contributed by atoms with Gasteiger partial charge in [-0.1, -0.05) is 0 Å². The highest BCUT2D eigenvalue weighted by Gasteiger charge is 2.26. The van der Waals surface area contributed by atoms with Crippen molar-refractivity contribution in [1.29, 1.82) is 0 Å². The van der Waals surface area contributed by atoms with Gasteiger partial charge in [-0.3, -0.25) is 14.5 Å². The number of amides is 2. The zero-order valence-corrected chi connectivity index (χ0v) is 16.1. The summed E-state index contributed by atoms with van der Waals surface area (Å²) in [4.78, 5) is 25.9. The van der Waals surface area contributed by atoms with Gasteiger partial charge in [-0.05, 0) is 38.3 Å². The summed E-state index contributed by atoms with van der Waals surface area (Å²) in [5.41, 5.74) is 2.56. The number of methoxy groups -OCH3 is 1. The molecule has 2 rings (SSSR count). The molecule has 0 saturated carbocycles. The van der Waals surface area contributed by atoms with Crippen LogP contribution in [0, 0.1) is 6.92 Å². The molecule has 1 fully saturated rings. The Morgan fingerprint density at radius 1 is 1.38 bits per heavy atom. The van der Waals surface area contributed by atoms with E-state index in [1.54, 1.807) is 14.2 Å². The fraction of sp³-hybridized carbons (Fsp3) is 0.579. The van der Waals surface area contributed by atoms with Gasteiger partial charge in [0, 0.05) is 38.9 Å². The monoisotopic (exact) mass is 363 g/mol. The predicted octanol–water partition coefficient (Wildman–Crippen LogP) is 1.93. The van der Waals surface area contributed by atoms with Crippen LogP contribution >= 0.6 is 0 Å². The van der Waals surface area contributed by atoms with Crippen LogP contribution in [0.1, 0.15) is 41.3 Å². The largest absolute Gasteiger partial charge is 0.496 e. The molecule has 2 N–H and O–H groups in total. The smallest absolute Gasteiger partial charge is 0.253 e. The molecule has 0 unspecified atom stereocenters. The molecule has 0 bridgehead atoms. The van der Waals surface area contributed by atoms with Crippen LogP contribution in [-0.2, 0) is 16.1 Å². The van der Waals surface area contributed by atoms with E-state index in [2.05, 4.69) is 15.5 Å². The van der Waals surface area contributed by atoms with E-state index in [4.69, 9.17) is 9.47 Å². The van der Waals surface area contributed by atoms with E-state index in [9.17, 15) is 9.59 Å². The minimum Gasteiger partial charge on any atom is -0.496 e. The third-order valence-electron chi connectivity index (χ3n) is 4.79. The molecule has 0 aromatic heterocycles. The van der Waals surface area contributed by atoms with Gasteiger partial charge >= 0.3 is 0 Å². The molecule has 1 aliphatic heterocycles. The second kappa shape index (κ2) is 9.54. The highest BCUT2D eigenvalue weighted by Crippen LogP contribution is 2.34. The van der Waals surface area contributed by atoms with Crippen molar-refractivity contribution in [3.05, 3.63) is 22.8 Å². The van der Waals surface area contributed by atoms with Crippen molar-refractivity contribution in [2.24, 2.45) is 0 Å². The molecule has 1 aromatic carbocycles. The lowest BCUT2D eigenvalue weighted by Gasteiger charge is -2.32. The minimum atomic E-state index is -0.240. The van der Waals surface area contributed by atoms with Gasteiger partial charge in [-0.25, -0.2) is 0 Å². The van der Waals surface area contributed by atoms with Gasteiger partial charge in [0.2, 0.25) is 6.41 Å². The number of ether oxygens (including phenoxy) is 2. The Hall–Kier alpha value is -2.12. The van der Waals surface area contributed by atoms with E-state index in [-0.39, 0.29) is 5.91 Å². The molecule has 7 heteroatoms. The normalized spacial score (nSPS) is 15.5. The summed E-state index contributed by atoms with van der Waals surface area (Å²) in [6.45, 7) is 6.96. The standard InChI is InChI=1S/C19H29N3O4/c1-5-26-14-6-8-22(9-7-14)11-15-16(25-4)10-13(2)18(21-12-23)17(15)19(24)20-3/h10,12,14H,5-9,11H2,1-4H3,(H,20,24)(H,21,23). The van der Waals surface area contributed by atoms with Gasteiger partial charge in [-0.2, -0.15) is 0 Å². The van der Waals surface area contributed by atoms with Crippen LogP contribution < -0.4 is 15.4 Å². The van der Waals surface area contributed by atoms with Gasteiger partial charge < -0.3 is 20.1 Å². The summed E-state index contributed by atoms with van der Waals surface area (Å²) in [6, 6.07) is 1.86. The summed E-state index contributed by atoms with van der Waals surface area (Å²) >= 11 is 0. The van der Waals surface area contributed by atoms with E-state index >= 15 is 0 Å². The summed E-state index contributed by atoms with van der Waals surface area (Å²) < 4.78 is 11.3. The molecule has 0 aliphatic carbocycles. The Morgan fingerprint density at radius 2 is 2.08 bits per heavy atom. The van der Waals surface area contributed by atoms with Crippen LogP contribution in [0.2, 0.25) is 0 Å². The summed E-state index contributed by atoms with van der Waals surface area (Å²) in [5, 5.41) is 5.35. The Labute approximate surface area is 155 Å². The van der Waals surface area contributed by atoms with E-state index in [1.807, 2.05) is 19.9 Å². The Bertz CT molecular complexity index is 640. The number of piperidine rings is 1. The first-order chi connectivity index (χ1) is 12.5. The fourth-order valence-electron chi connectivity index (χ4n) is 3.48. The van der Waals surface area contributed by atoms with Gasteiger partial charge in [0.15, 0.2) is 0 Å². The number of likely N-dealkylation sites (tertiary alicyclic amines) is 1. The van der Waals surface area contributed by atoms with E-state index in [0.29, 0.717) is 36.1 Å². The number of hydrogen-bond acceptors (Lipinski definition) is 5. The van der Waals surface area contributed by atoms with Gasteiger partial charge in [0.1, 0.15) is 5.75 Å². The molecular formula is C19H29N3O4. The maximum absolute atomic E-state index is 12.6. The molecule has 144 valence electrons. The van der Waals surface area contributed by atoms with Crippen molar-refractivity contribution in [2.75, 3.05) is 39.2 Å². The number of nitrogens with zero attached hydrogens (tertiary/aromatic N) is 1. The summed E-state index contributed by atoms with van der Waals surface area (Å²) in [7, 11) is 3.18. The first-order valence-electron chi connectivity index (χ1n) is 9.02. The molecule has 0 spiro atoms. The van der Waals surface area contributed by atoms with E-state index in [0.717, 1.165) is 43.7 Å². The number of hydrogen-bond donors (Lipinski definition) is 2. The van der Waals surface area contributed by atoms with E-state index < -0.39 is 0 Å². The number of carbonyl (C=O) groups excluding carboxylic acids is 2. The van der Waals surface area contributed by atoms with Gasteiger partial charge in [0.05, 0.1) is 24.5 Å². The van der Waals surface area contributed by atoms with Crippen molar-refractivity contribution in [1.82, 2.24) is 10.2 Å². The molecule has 0 atom stereocenters. The maximum atomic E-state index is 12.6. The van der Waals surface area contributed by atoms with Crippen LogP contribution in [0.5, 0.6) is 5.75 Å². The van der Waals surface area contributed by atoms with Crippen LogP contribution in [0.3, 0.4) is 0 Å². The van der Waals surface area contributed by atoms with Crippen LogP contribution in [-0.4, -0.2) is 57.2 Å². The first kappa shape index (κ1) is 20.2. The Balaban J connectivity index is 2.35. The van der Waals surface area contributed by atoms with Crippen molar-refractivity contribution in [2.45, 2.75) is 39.3 Å². The molecule has 1 aromatic rings. The molecule has 1 aliphatic rings. The Kier molecular flexibility index (Phi) is 7.41. The number of anilines is 1. The van der Waals surface area contributed by atoms with Crippen LogP contribution in [0.25, 0.3) is 0 Å². The van der Waals surface area contributed by atoms with E-state index in [1.165, 1.54) is 0 Å². The average molecular weight is 363 g/mol. The first-order valence-corrected chi connectivity index (χ1v) is 9.02. The molecule has 2 amide bonds. The van der Waals surface area contributed by atoms with Gasteiger partial charge in [0.25, 0.3) is 5.91 Å². The minimum absolute atomic E-state index is 0.240. The number of nitrogens with one attached hydrogen (secondary N) is 2. The fourth-order valence-corrected chi connectivity index (χ4v) is 3.48. The lowest BCUT2D eigenvalue weighted by atomic mass is 9.97. The lowest BCUT2D eigenvalue weighted by molar-refractivity contribution is -0.105. The van der Waals surface area contributed by atoms with Crippen molar-refractivity contribution in [3.8, 4) is 5.75 Å². The second-order valence-electron chi connectivity index (χ2n) is 6.40. The molecule has 0 radical (unpaired) electrons. The SMILES string of the molecule is CCOC1CCN(Cc2c(OC)cc(C)c(NC=O)c2C(=O)NC)CC1. The number of benzene rings is 1. The second-order valence-corrected chi connectivity index (χ2v) is 6.40. The maximum Gasteiger partial charge on any atom is 0.253 e. The summed E-state index contributed by atoms with van der Waals surface area (Å²) in [6.07, 6.45) is 2.84. The third kappa shape index (κ3) is 4.53. The molecule has 7 nitrogen and oxygen atoms in total. The van der Waals surface area contributed by atoms with Crippen molar-refractivity contribution < 1.29 is 19.1 Å². The molecule has 1 heterocycles. The van der Waals surface area contributed by atoms with Crippen LogP contribution in [0.4, 0.5) is 5.69 Å². The number of aryl methyl sites for hydroxylation is 1. The quantitative estimate of drug-likeness (QED) is 0.690. The zero-order chi connectivity index (χ0) is 19.1. The lowest BCUT2D eigenvalue weighted by Crippen LogP contribution is -2.37. The molecule has 1 saturated heterocycles. The van der Waals surface area contributed by atoms with Crippen molar-refractivity contribution in [3.63, 3.8) is 0 Å². The third-order valence-corrected chi connectivity index (χ3v) is 4.79.